The number of hydrogen-bond acceptors (Lipinski definition) is 3. The summed E-state index contributed by atoms with van der Waals surface area (Å²) in [5.74, 6) is -1.71. The van der Waals surface area contributed by atoms with Crippen LogP contribution in [0.4, 0.5) is 14.5 Å². The van der Waals surface area contributed by atoms with Gasteiger partial charge in [-0.25, -0.2) is 8.78 Å². The highest BCUT2D eigenvalue weighted by Gasteiger charge is 2.14. The summed E-state index contributed by atoms with van der Waals surface area (Å²) in [5.41, 5.74) is 1.96. The van der Waals surface area contributed by atoms with Gasteiger partial charge in [0, 0.05) is 17.3 Å². The molecule has 0 spiro atoms. The number of rotatable bonds is 7. The van der Waals surface area contributed by atoms with Crippen molar-refractivity contribution < 1.29 is 18.4 Å². The molecule has 0 aromatic heterocycles. The molecule has 138 valence electrons. The highest BCUT2D eigenvalue weighted by Crippen LogP contribution is 2.18. The Bertz CT molecular complexity index is 799. The lowest BCUT2D eigenvalue weighted by molar-refractivity contribution is -0.119. The van der Waals surface area contributed by atoms with Gasteiger partial charge in [0.15, 0.2) is 0 Å². The van der Waals surface area contributed by atoms with E-state index in [4.69, 9.17) is 0 Å². The number of carbonyl (C=O) groups is 2. The van der Waals surface area contributed by atoms with Gasteiger partial charge in [-0.15, -0.1) is 11.8 Å². The molecule has 26 heavy (non-hydrogen) atoms. The van der Waals surface area contributed by atoms with Crippen LogP contribution in [0, 0.1) is 18.6 Å². The van der Waals surface area contributed by atoms with Crippen LogP contribution in [-0.2, 0) is 9.59 Å². The molecule has 1 atom stereocenters. The van der Waals surface area contributed by atoms with E-state index in [-0.39, 0.29) is 28.9 Å². The Kier molecular flexibility index (Phi) is 7.15. The number of amides is 2. The highest BCUT2D eigenvalue weighted by molar-refractivity contribution is 8.00. The van der Waals surface area contributed by atoms with E-state index in [1.807, 2.05) is 25.1 Å². The Hall–Kier alpha value is -2.41. The lowest BCUT2D eigenvalue weighted by Gasteiger charge is -2.15. The zero-order valence-corrected chi connectivity index (χ0v) is 15.3. The number of thioether (sulfide) groups is 1. The van der Waals surface area contributed by atoms with Gasteiger partial charge < -0.3 is 10.6 Å². The third-order valence-electron chi connectivity index (χ3n) is 3.57. The van der Waals surface area contributed by atoms with Crippen LogP contribution in [0.3, 0.4) is 0 Å². The summed E-state index contributed by atoms with van der Waals surface area (Å²) in [4.78, 5) is 23.8. The summed E-state index contributed by atoms with van der Waals surface area (Å²) in [6.45, 7) is 3.54. The predicted molar refractivity (Wildman–Crippen MR) is 100 cm³/mol. The van der Waals surface area contributed by atoms with E-state index in [1.165, 1.54) is 6.07 Å². The summed E-state index contributed by atoms with van der Waals surface area (Å²) < 4.78 is 26.6. The van der Waals surface area contributed by atoms with Crippen molar-refractivity contribution in [3.05, 3.63) is 65.2 Å². The summed E-state index contributed by atoms with van der Waals surface area (Å²) in [6.07, 6.45) is 0. The van der Waals surface area contributed by atoms with E-state index in [9.17, 15) is 18.4 Å². The molecule has 2 rings (SSSR count). The first kappa shape index (κ1) is 19.9. The molecule has 4 nitrogen and oxygen atoms in total. The molecule has 7 heteroatoms. The molecular formula is C19H20F2N2O2S. The van der Waals surface area contributed by atoms with Crippen LogP contribution in [0.15, 0.2) is 42.5 Å². The molecule has 0 aliphatic heterocycles. The molecule has 0 radical (unpaired) electrons. The van der Waals surface area contributed by atoms with Gasteiger partial charge in [-0.3, -0.25) is 9.59 Å². The minimum Gasteiger partial charge on any atom is -0.349 e. The van der Waals surface area contributed by atoms with Crippen LogP contribution in [0.25, 0.3) is 0 Å². The molecule has 0 aliphatic rings. The van der Waals surface area contributed by atoms with Crippen molar-refractivity contribution in [2.75, 3.05) is 16.8 Å². The van der Waals surface area contributed by atoms with Crippen LogP contribution < -0.4 is 10.6 Å². The molecule has 0 heterocycles. The minimum atomic E-state index is -0.706. The average molecular weight is 378 g/mol. The Morgan fingerprint density at radius 2 is 1.81 bits per heavy atom. The van der Waals surface area contributed by atoms with Crippen LogP contribution in [0.1, 0.15) is 24.1 Å². The molecule has 0 aliphatic carbocycles. The fourth-order valence-corrected chi connectivity index (χ4v) is 3.00. The number of anilines is 1. The Morgan fingerprint density at radius 1 is 1.08 bits per heavy atom. The number of hydrogen-bond donors (Lipinski definition) is 2. The highest BCUT2D eigenvalue weighted by atomic mass is 32.2. The van der Waals surface area contributed by atoms with Gasteiger partial charge in [-0.2, -0.15) is 0 Å². The minimum absolute atomic E-state index is 0.0639. The maximum atomic E-state index is 13.7. The van der Waals surface area contributed by atoms with E-state index in [0.29, 0.717) is 5.69 Å². The number of benzene rings is 2. The predicted octanol–water partition coefficient (Wildman–Crippen LogP) is 3.82. The van der Waals surface area contributed by atoms with Crippen molar-refractivity contribution in [2.45, 2.75) is 19.9 Å². The van der Waals surface area contributed by atoms with Crippen molar-refractivity contribution in [1.82, 2.24) is 5.32 Å². The van der Waals surface area contributed by atoms with Crippen LogP contribution in [0.5, 0.6) is 0 Å². The van der Waals surface area contributed by atoms with Gasteiger partial charge >= 0.3 is 0 Å². The van der Waals surface area contributed by atoms with Crippen LogP contribution in [-0.4, -0.2) is 23.3 Å². The van der Waals surface area contributed by atoms with Crippen molar-refractivity contribution in [2.24, 2.45) is 0 Å². The van der Waals surface area contributed by atoms with Crippen molar-refractivity contribution in [1.29, 1.82) is 0 Å². The molecule has 2 amide bonds. The summed E-state index contributed by atoms with van der Waals surface area (Å²) >= 11 is 1.16. The first-order valence-corrected chi connectivity index (χ1v) is 9.19. The fraction of sp³-hybridized carbons (Fsp3) is 0.263. The molecule has 0 bridgehead atoms. The van der Waals surface area contributed by atoms with Gasteiger partial charge in [0.05, 0.1) is 17.5 Å². The molecule has 0 saturated heterocycles. The first-order valence-electron chi connectivity index (χ1n) is 8.03. The lowest BCUT2D eigenvalue weighted by atomic mass is 10.1. The van der Waals surface area contributed by atoms with Gasteiger partial charge in [-0.05, 0) is 37.6 Å². The van der Waals surface area contributed by atoms with Crippen LogP contribution >= 0.6 is 11.8 Å². The lowest BCUT2D eigenvalue weighted by Crippen LogP contribution is -2.29. The largest absolute Gasteiger partial charge is 0.349 e. The Morgan fingerprint density at radius 3 is 2.50 bits per heavy atom. The van der Waals surface area contributed by atoms with Gasteiger partial charge in [-0.1, -0.05) is 18.2 Å². The SMILES string of the molecule is Cc1cccc(NC(=O)CSCC(=O)N[C@@H](C)c2ccc(F)cc2F)c1. The quantitative estimate of drug-likeness (QED) is 0.770. The van der Waals surface area contributed by atoms with E-state index in [1.54, 1.807) is 13.0 Å². The van der Waals surface area contributed by atoms with Crippen LogP contribution in [0.2, 0.25) is 0 Å². The second-order valence-corrected chi connectivity index (χ2v) is 6.85. The maximum absolute atomic E-state index is 13.7. The molecule has 2 N–H and O–H groups in total. The third kappa shape index (κ3) is 6.15. The summed E-state index contributed by atoms with van der Waals surface area (Å²) in [5, 5.41) is 5.39. The molecule has 2 aromatic carbocycles. The van der Waals surface area contributed by atoms with Crippen molar-refractivity contribution in [3.8, 4) is 0 Å². The van der Waals surface area contributed by atoms with Gasteiger partial charge in [0.25, 0.3) is 0 Å². The molecule has 2 aromatic rings. The Labute approximate surface area is 155 Å². The Balaban J connectivity index is 1.75. The first-order chi connectivity index (χ1) is 12.3. The van der Waals surface area contributed by atoms with Crippen molar-refractivity contribution in [3.63, 3.8) is 0 Å². The van der Waals surface area contributed by atoms with E-state index in [2.05, 4.69) is 10.6 Å². The number of carbonyl (C=O) groups excluding carboxylic acids is 2. The summed E-state index contributed by atoms with van der Waals surface area (Å²) in [7, 11) is 0. The molecule has 0 saturated carbocycles. The topological polar surface area (TPSA) is 58.2 Å². The van der Waals surface area contributed by atoms with E-state index >= 15 is 0 Å². The smallest absolute Gasteiger partial charge is 0.234 e. The summed E-state index contributed by atoms with van der Waals surface area (Å²) in [6, 6.07) is 10.1. The standard InChI is InChI=1S/C19H20F2N2O2S/c1-12-4-3-5-15(8-12)23-19(25)11-26-10-18(24)22-13(2)16-7-6-14(20)9-17(16)21/h3-9,13H,10-11H2,1-2H3,(H,22,24)(H,23,25)/t13-/m0/s1. The van der Waals surface area contributed by atoms with E-state index < -0.39 is 17.7 Å². The second kappa shape index (κ2) is 9.33. The normalized spacial score (nSPS) is 11.7. The number of halogens is 2. The monoisotopic (exact) mass is 378 g/mol. The zero-order chi connectivity index (χ0) is 19.1. The molecule has 0 unspecified atom stereocenters. The van der Waals surface area contributed by atoms with Gasteiger partial charge in [0.1, 0.15) is 11.6 Å². The fourth-order valence-electron chi connectivity index (χ4n) is 2.37. The molecular weight excluding hydrogens is 358 g/mol. The average Bonchev–Trinajstić information content (AvgIpc) is 2.54. The van der Waals surface area contributed by atoms with Crippen molar-refractivity contribution >= 4 is 29.3 Å². The zero-order valence-electron chi connectivity index (χ0n) is 14.5. The maximum Gasteiger partial charge on any atom is 0.234 e. The molecule has 0 fully saturated rings. The van der Waals surface area contributed by atoms with Gasteiger partial charge in [0.2, 0.25) is 11.8 Å². The van der Waals surface area contributed by atoms with E-state index in [0.717, 1.165) is 29.5 Å². The number of aryl methyl sites for hydroxylation is 1. The third-order valence-corrected chi connectivity index (χ3v) is 4.51. The number of nitrogens with one attached hydrogen (secondary N) is 2. The second-order valence-electron chi connectivity index (χ2n) is 5.87.